The Labute approximate surface area is 187 Å². The first-order chi connectivity index (χ1) is 14.5. The van der Waals surface area contributed by atoms with Gasteiger partial charge in [0, 0.05) is 22.9 Å². The number of nitrogens with one attached hydrogen (secondary N) is 1. The molecule has 0 aliphatic heterocycles. The summed E-state index contributed by atoms with van der Waals surface area (Å²) in [5, 5.41) is 17.9. The highest BCUT2D eigenvalue weighted by molar-refractivity contribution is 5.67. The fraction of sp³-hybridized carbons (Fsp3) is 0.308. The van der Waals surface area contributed by atoms with Gasteiger partial charge in [-0.15, -0.1) is 0 Å². The molecule has 168 valence electrons. The Kier molecular flexibility index (Phi) is 13.2. The lowest BCUT2D eigenvalue weighted by Gasteiger charge is -2.09. The lowest BCUT2D eigenvalue weighted by molar-refractivity contribution is -0.709. The number of aldehydes is 1. The molecule has 0 atom stereocenters. The van der Waals surface area contributed by atoms with Gasteiger partial charge in [-0.3, -0.25) is 20.7 Å². The molecule has 2 aromatic rings. The van der Waals surface area contributed by atoms with Gasteiger partial charge < -0.3 is 0 Å². The summed E-state index contributed by atoms with van der Waals surface area (Å²) < 4.78 is 1.11. The quantitative estimate of drug-likeness (QED) is 0.128. The van der Waals surface area contributed by atoms with Gasteiger partial charge in [0.25, 0.3) is 5.69 Å². The molecule has 0 unspecified atom stereocenters. The number of carbonyl (C=O) groups excluding carboxylic acids is 1. The minimum absolute atomic E-state index is 0.133. The zero-order valence-electron chi connectivity index (χ0n) is 19.5. The lowest BCUT2D eigenvalue weighted by Crippen LogP contribution is -2.01. The third-order valence-corrected chi connectivity index (χ3v) is 3.42. The van der Waals surface area contributed by atoms with E-state index >= 15 is 0 Å². The Morgan fingerprint density at radius 1 is 0.774 bits per heavy atom. The number of benzene rings is 2. The molecule has 3 N–H and O–H groups in total. The number of rotatable bonds is 4. The SMILES string of the molecule is CC(C)(C)/C=C/C=O.CC(C)(C)/C=C/C=[N+](\O)c1ccccc1.ONc1ccccc1. The van der Waals surface area contributed by atoms with Crippen LogP contribution in [0.15, 0.2) is 85.0 Å². The molecule has 0 aliphatic rings. The molecule has 5 nitrogen and oxygen atoms in total. The molecule has 0 saturated carbocycles. The minimum Gasteiger partial charge on any atom is -0.299 e. The fourth-order valence-corrected chi connectivity index (χ4v) is 1.92. The van der Waals surface area contributed by atoms with Crippen LogP contribution in [0.5, 0.6) is 0 Å². The lowest BCUT2D eigenvalue weighted by atomic mass is 9.96. The number of allylic oxidation sites excluding steroid dienone is 4. The van der Waals surface area contributed by atoms with E-state index in [0.717, 1.165) is 16.7 Å². The van der Waals surface area contributed by atoms with Crippen molar-refractivity contribution in [2.45, 2.75) is 41.5 Å². The summed E-state index contributed by atoms with van der Waals surface area (Å²) >= 11 is 0. The van der Waals surface area contributed by atoms with Crippen LogP contribution >= 0.6 is 0 Å². The predicted octanol–water partition coefficient (Wildman–Crippen LogP) is 6.67. The van der Waals surface area contributed by atoms with E-state index in [0.29, 0.717) is 5.69 Å². The van der Waals surface area contributed by atoms with Crippen molar-refractivity contribution in [3.63, 3.8) is 0 Å². The number of hydrogen-bond donors (Lipinski definition) is 3. The van der Waals surface area contributed by atoms with Gasteiger partial charge in [-0.05, 0) is 29.0 Å². The third-order valence-electron chi connectivity index (χ3n) is 3.42. The number of hydrogen-bond acceptors (Lipinski definition) is 4. The second-order valence-electron chi connectivity index (χ2n) is 8.89. The van der Waals surface area contributed by atoms with Gasteiger partial charge in [0.15, 0.2) is 0 Å². The average Bonchev–Trinajstić information content (AvgIpc) is 2.73. The maximum atomic E-state index is 9.76. The molecule has 0 heterocycles. The van der Waals surface area contributed by atoms with Crippen molar-refractivity contribution in [3.8, 4) is 0 Å². The van der Waals surface area contributed by atoms with Gasteiger partial charge in [0.05, 0.1) is 5.69 Å². The van der Waals surface area contributed by atoms with E-state index in [2.05, 4.69) is 20.8 Å². The first-order valence-electron chi connectivity index (χ1n) is 10.1. The van der Waals surface area contributed by atoms with Crippen LogP contribution in [-0.4, -0.2) is 27.7 Å². The monoisotopic (exact) mass is 425 g/mol. The van der Waals surface area contributed by atoms with E-state index in [-0.39, 0.29) is 10.8 Å². The molecule has 0 aliphatic carbocycles. The van der Waals surface area contributed by atoms with Gasteiger partial charge in [0.1, 0.15) is 6.29 Å². The minimum atomic E-state index is 0.133. The topological polar surface area (TPSA) is 72.6 Å². The Morgan fingerprint density at radius 3 is 1.58 bits per heavy atom. The van der Waals surface area contributed by atoms with Crippen LogP contribution in [0.4, 0.5) is 11.4 Å². The Balaban J connectivity index is 0.000000477. The molecule has 0 aromatic heterocycles. The van der Waals surface area contributed by atoms with Gasteiger partial charge in [0.2, 0.25) is 6.21 Å². The van der Waals surface area contributed by atoms with E-state index in [9.17, 15) is 10.0 Å². The molecule has 0 fully saturated rings. The summed E-state index contributed by atoms with van der Waals surface area (Å²) in [5.41, 5.74) is 3.78. The first kappa shape index (κ1) is 27.8. The van der Waals surface area contributed by atoms with Crippen molar-refractivity contribution < 1.29 is 19.9 Å². The summed E-state index contributed by atoms with van der Waals surface area (Å²) in [6.07, 6.45) is 9.73. The van der Waals surface area contributed by atoms with Crippen molar-refractivity contribution in [3.05, 3.63) is 85.0 Å². The summed E-state index contributed by atoms with van der Waals surface area (Å²) in [4.78, 5) is 9.76. The Bertz CT molecular complexity index is 813. The van der Waals surface area contributed by atoms with E-state index in [4.69, 9.17) is 5.21 Å². The molecule has 0 bridgehead atoms. The molecular formula is C26H37N2O3+. The average molecular weight is 426 g/mol. The zero-order chi connectivity index (χ0) is 23.8. The molecular weight excluding hydrogens is 388 g/mol. The molecule has 0 saturated heterocycles. The second-order valence-corrected chi connectivity index (χ2v) is 8.89. The highest BCUT2D eigenvalue weighted by Crippen LogP contribution is 2.14. The van der Waals surface area contributed by atoms with Crippen LogP contribution in [0.25, 0.3) is 0 Å². The van der Waals surface area contributed by atoms with Gasteiger partial charge in [-0.2, -0.15) is 0 Å². The maximum absolute atomic E-state index is 9.76. The Hall–Kier alpha value is -3.18. The van der Waals surface area contributed by atoms with Crippen molar-refractivity contribution in [2.24, 2.45) is 10.8 Å². The fourth-order valence-electron chi connectivity index (χ4n) is 1.92. The van der Waals surface area contributed by atoms with Gasteiger partial charge in [-0.25, -0.2) is 0 Å². The molecule has 0 spiro atoms. The highest BCUT2D eigenvalue weighted by atomic mass is 16.5. The van der Waals surface area contributed by atoms with Gasteiger partial charge >= 0.3 is 0 Å². The van der Waals surface area contributed by atoms with E-state index in [1.54, 1.807) is 18.3 Å². The van der Waals surface area contributed by atoms with Crippen molar-refractivity contribution in [1.82, 2.24) is 0 Å². The molecule has 0 radical (unpaired) electrons. The van der Waals surface area contributed by atoms with Crippen molar-refractivity contribution >= 4 is 23.9 Å². The van der Waals surface area contributed by atoms with Gasteiger partial charge in [-0.1, -0.05) is 90.1 Å². The first-order valence-corrected chi connectivity index (χ1v) is 10.1. The predicted molar refractivity (Wildman–Crippen MR) is 129 cm³/mol. The smallest absolute Gasteiger partial charge is 0.257 e. The molecule has 2 rings (SSSR count). The molecule has 2 aromatic carbocycles. The van der Waals surface area contributed by atoms with Crippen LogP contribution < -0.4 is 5.48 Å². The molecule has 31 heavy (non-hydrogen) atoms. The van der Waals surface area contributed by atoms with Crippen LogP contribution in [0.3, 0.4) is 0 Å². The summed E-state index contributed by atoms with van der Waals surface area (Å²) in [5.74, 6) is 0. The van der Waals surface area contributed by atoms with Crippen LogP contribution in [0.1, 0.15) is 41.5 Å². The van der Waals surface area contributed by atoms with Crippen LogP contribution in [-0.2, 0) is 4.79 Å². The number of nitrogens with zero attached hydrogens (tertiary/aromatic N) is 1. The maximum Gasteiger partial charge on any atom is 0.257 e. The van der Waals surface area contributed by atoms with Crippen LogP contribution in [0.2, 0.25) is 0 Å². The van der Waals surface area contributed by atoms with E-state index < -0.39 is 0 Å². The normalized spacial score (nSPS) is 11.9. The van der Waals surface area contributed by atoms with E-state index in [1.165, 1.54) is 6.08 Å². The Morgan fingerprint density at radius 2 is 1.23 bits per heavy atom. The number of anilines is 1. The summed E-state index contributed by atoms with van der Waals surface area (Å²) in [6.45, 7) is 12.5. The van der Waals surface area contributed by atoms with E-state index in [1.807, 2.05) is 93.0 Å². The summed E-state index contributed by atoms with van der Waals surface area (Å²) in [7, 11) is 0. The second kappa shape index (κ2) is 14.7. The zero-order valence-corrected chi connectivity index (χ0v) is 19.5. The third kappa shape index (κ3) is 17.4. The largest absolute Gasteiger partial charge is 0.299 e. The molecule has 5 heteroatoms. The number of carbonyl (C=O) groups is 1. The van der Waals surface area contributed by atoms with Crippen molar-refractivity contribution in [1.29, 1.82) is 0 Å². The standard InChI is InChI=1S/C13H18NO.C7H12O.C6H7NO/c1-13(2,3)10-7-11-14(15)12-8-5-4-6-9-12;1-7(2,3)5-4-6-8;8-7-6-4-2-1-3-5-6/h4-11,15H,1-3H3;4-6H,1-3H3;1-5,7-8H/q+1;;/b10-7+,14-11-;5-4+;. The van der Waals surface area contributed by atoms with Crippen molar-refractivity contribution in [2.75, 3.05) is 5.48 Å². The summed E-state index contributed by atoms with van der Waals surface area (Å²) in [6, 6.07) is 18.5. The molecule has 0 amide bonds. The highest BCUT2D eigenvalue weighted by Gasteiger charge is 2.06. The van der Waals surface area contributed by atoms with Crippen LogP contribution in [0, 0.1) is 10.8 Å². The number of para-hydroxylation sites is 2.